The Hall–Kier alpha value is -1.76. The average molecular weight is 439 g/mol. The van der Waals surface area contributed by atoms with Gasteiger partial charge >= 0.3 is 0 Å². The molecular weight excluding hydrogens is 400 g/mol. The Kier molecular flexibility index (Phi) is 6.12. The number of piperidine rings is 1. The first-order valence-electron chi connectivity index (χ1n) is 12.4. The van der Waals surface area contributed by atoms with Crippen molar-refractivity contribution < 1.29 is 9.84 Å². The molecule has 1 aliphatic heterocycles. The van der Waals surface area contributed by atoms with Gasteiger partial charge in [0.05, 0.1) is 23.7 Å². The Bertz CT molecular complexity index is 930. The maximum absolute atomic E-state index is 9.83. The fourth-order valence-corrected chi connectivity index (χ4v) is 5.44. The second-order valence-electron chi connectivity index (χ2n) is 11.0. The molecule has 174 valence electrons. The molecule has 1 aromatic heterocycles. The minimum absolute atomic E-state index is 0.00361. The van der Waals surface area contributed by atoms with Gasteiger partial charge in [0.25, 0.3) is 0 Å². The van der Waals surface area contributed by atoms with Crippen LogP contribution < -0.4 is 0 Å². The molecule has 1 aromatic carbocycles. The second kappa shape index (κ2) is 8.88. The smallest absolute Gasteiger partial charge is 0.0864 e. The van der Waals surface area contributed by atoms with E-state index in [0.29, 0.717) is 23.9 Å². The molecule has 5 rings (SSSR count). The second-order valence-corrected chi connectivity index (χ2v) is 11.0. The van der Waals surface area contributed by atoms with Crippen molar-refractivity contribution in [1.82, 2.24) is 19.9 Å². The molecule has 3 fully saturated rings. The number of benzene rings is 1. The van der Waals surface area contributed by atoms with Gasteiger partial charge in [0.1, 0.15) is 0 Å². The summed E-state index contributed by atoms with van der Waals surface area (Å²) in [6.45, 7) is 7.91. The van der Waals surface area contributed by atoms with Crippen molar-refractivity contribution in [1.29, 1.82) is 0 Å². The van der Waals surface area contributed by atoms with Crippen molar-refractivity contribution in [2.24, 2.45) is 11.3 Å². The summed E-state index contributed by atoms with van der Waals surface area (Å²) in [4.78, 5) is 2.60. The quantitative estimate of drug-likeness (QED) is 0.667. The molecule has 2 heterocycles. The molecular formula is C26H38N4O2. The van der Waals surface area contributed by atoms with Gasteiger partial charge in [-0.2, -0.15) is 0 Å². The van der Waals surface area contributed by atoms with Crippen LogP contribution in [0.5, 0.6) is 0 Å². The first-order chi connectivity index (χ1) is 15.5. The SMILES string of the molecule is COC1CC(c2cn(-c3ccc(CN4CCC[C@H](C(C)(C)CO)C4)c(C4CC4)c3)nn2)C1. The number of aliphatic hydroxyl groups excluding tert-OH is 1. The van der Waals surface area contributed by atoms with Crippen molar-refractivity contribution in [3.8, 4) is 5.69 Å². The van der Waals surface area contributed by atoms with Crippen LogP contribution in [0.25, 0.3) is 5.69 Å². The Morgan fingerprint density at radius 2 is 1.97 bits per heavy atom. The largest absolute Gasteiger partial charge is 0.396 e. The number of nitrogens with zero attached hydrogens (tertiary/aromatic N) is 4. The van der Waals surface area contributed by atoms with Crippen LogP contribution in [0.15, 0.2) is 24.4 Å². The summed E-state index contributed by atoms with van der Waals surface area (Å²) in [6.07, 6.45) is 9.60. The molecule has 6 heteroatoms. The standard InChI is InChI=1S/C26H38N4O2/c1-26(2,17-31)21-5-4-10-29(15-21)14-19-8-9-22(13-24(19)18-6-7-18)30-16-25(27-28-30)20-11-23(12-20)32-3/h8-9,13,16,18,20-21,23,31H,4-7,10-12,14-15,17H2,1-3H3/t20?,21-,23?/m0/s1. The lowest BCUT2D eigenvalue weighted by Crippen LogP contribution is -2.42. The van der Waals surface area contributed by atoms with E-state index < -0.39 is 0 Å². The number of aromatic nitrogens is 3. The van der Waals surface area contributed by atoms with E-state index in [4.69, 9.17) is 4.74 Å². The summed E-state index contributed by atoms with van der Waals surface area (Å²) in [6, 6.07) is 6.87. The molecule has 0 radical (unpaired) electrons. The zero-order chi connectivity index (χ0) is 22.3. The lowest BCUT2D eigenvalue weighted by atomic mass is 9.75. The van der Waals surface area contributed by atoms with Crippen LogP contribution in [0, 0.1) is 11.3 Å². The maximum atomic E-state index is 9.83. The van der Waals surface area contributed by atoms with Crippen molar-refractivity contribution in [2.45, 2.75) is 76.9 Å². The molecule has 1 saturated heterocycles. The van der Waals surface area contributed by atoms with E-state index >= 15 is 0 Å². The van der Waals surface area contributed by atoms with Crippen LogP contribution in [0.3, 0.4) is 0 Å². The number of likely N-dealkylation sites (tertiary alicyclic amines) is 1. The van der Waals surface area contributed by atoms with Crippen molar-refractivity contribution in [3.05, 3.63) is 41.2 Å². The lowest BCUT2D eigenvalue weighted by molar-refractivity contribution is 0.0247. The normalized spacial score (nSPS) is 26.8. The number of rotatable bonds is 8. The fourth-order valence-electron chi connectivity index (χ4n) is 5.44. The highest BCUT2D eigenvalue weighted by Gasteiger charge is 2.34. The monoisotopic (exact) mass is 438 g/mol. The van der Waals surface area contributed by atoms with E-state index in [1.807, 2.05) is 4.68 Å². The van der Waals surface area contributed by atoms with E-state index in [1.165, 1.54) is 36.8 Å². The molecule has 3 aliphatic rings. The molecule has 1 atom stereocenters. The topological polar surface area (TPSA) is 63.4 Å². The Morgan fingerprint density at radius 3 is 2.69 bits per heavy atom. The maximum Gasteiger partial charge on any atom is 0.0864 e. The number of methoxy groups -OCH3 is 1. The summed E-state index contributed by atoms with van der Waals surface area (Å²) in [7, 11) is 1.79. The molecule has 1 N–H and O–H groups in total. The van der Waals surface area contributed by atoms with Crippen LogP contribution in [0.1, 0.15) is 81.0 Å². The van der Waals surface area contributed by atoms with Crippen molar-refractivity contribution >= 4 is 0 Å². The van der Waals surface area contributed by atoms with E-state index in [1.54, 1.807) is 7.11 Å². The van der Waals surface area contributed by atoms with E-state index in [0.717, 1.165) is 43.9 Å². The van der Waals surface area contributed by atoms with E-state index in [9.17, 15) is 5.11 Å². The van der Waals surface area contributed by atoms with E-state index in [2.05, 4.69) is 53.5 Å². The number of hydrogen-bond donors (Lipinski definition) is 1. The third-order valence-corrected chi connectivity index (χ3v) is 8.18. The zero-order valence-electron chi connectivity index (χ0n) is 19.8. The van der Waals surface area contributed by atoms with Gasteiger partial charge in [0, 0.05) is 32.7 Å². The number of hydrogen-bond acceptors (Lipinski definition) is 5. The number of ether oxygens (including phenoxy) is 1. The van der Waals surface area contributed by atoms with E-state index in [-0.39, 0.29) is 12.0 Å². The first-order valence-corrected chi connectivity index (χ1v) is 12.4. The van der Waals surface area contributed by atoms with Crippen LogP contribution in [0.4, 0.5) is 0 Å². The van der Waals surface area contributed by atoms with Crippen LogP contribution in [-0.2, 0) is 11.3 Å². The third kappa shape index (κ3) is 4.50. The molecule has 2 saturated carbocycles. The molecule has 2 aromatic rings. The minimum Gasteiger partial charge on any atom is -0.396 e. The summed E-state index contributed by atoms with van der Waals surface area (Å²) >= 11 is 0. The Balaban J connectivity index is 1.31. The molecule has 6 nitrogen and oxygen atoms in total. The molecule has 0 amide bonds. The van der Waals surface area contributed by atoms with Gasteiger partial charge in [-0.25, -0.2) is 4.68 Å². The Labute approximate surface area is 192 Å². The highest BCUT2D eigenvalue weighted by molar-refractivity contribution is 5.43. The van der Waals surface area contributed by atoms with Crippen LogP contribution in [-0.4, -0.2) is 57.9 Å². The van der Waals surface area contributed by atoms with Gasteiger partial charge in [-0.1, -0.05) is 25.1 Å². The van der Waals surface area contributed by atoms with Crippen molar-refractivity contribution in [3.63, 3.8) is 0 Å². The average Bonchev–Trinajstić information content (AvgIpc) is 3.51. The number of aliphatic hydroxyl groups is 1. The molecule has 2 aliphatic carbocycles. The summed E-state index contributed by atoms with van der Waals surface area (Å²) in [5, 5.41) is 18.7. The summed E-state index contributed by atoms with van der Waals surface area (Å²) < 4.78 is 7.36. The minimum atomic E-state index is -0.00361. The predicted octanol–water partition coefficient (Wildman–Crippen LogP) is 4.27. The zero-order valence-corrected chi connectivity index (χ0v) is 19.8. The fraction of sp³-hybridized carbons (Fsp3) is 0.692. The van der Waals surface area contributed by atoms with Crippen LogP contribution >= 0.6 is 0 Å². The van der Waals surface area contributed by atoms with Gasteiger partial charge in [-0.05, 0) is 85.6 Å². The van der Waals surface area contributed by atoms with Gasteiger partial charge in [0.2, 0.25) is 0 Å². The molecule has 0 spiro atoms. The first kappa shape index (κ1) is 22.1. The molecule has 32 heavy (non-hydrogen) atoms. The third-order valence-electron chi connectivity index (χ3n) is 8.18. The predicted molar refractivity (Wildman–Crippen MR) is 125 cm³/mol. The Morgan fingerprint density at radius 1 is 1.16 bits per heavy atom. The highest BCUT2D eigenvalue weighted by Crippen LogP contribution is 2.43. The van der Waals surface area contributed by atoms with Crippen molar-refractivity contribution in [2.75, 3.05) is 26.8 Å². The molecule has 0 unspecified atom stereocenters. The summed E-state index contributed by atoms with van der Waals surface area (Å²) in [5.74, 6) is 1.73. The van der Waals surface area contributed by atoms with Crippen LogP contribution in [0.2, 0.25) is 0 Å². The van der Waals surface area contributed by atoms with Gasteiger partial charge in [0.15, 0.2) is 0 Å². The lowest BCUT2D eigenvalue weighted by Gasteiger charge is -2.41. The molecule has 0 bridgehead atoms. The summed E-state index contributed by atoms with van der Waals surface area (Å²) in [5.41, 5.74) is 5.15. The highest BCUT2D eigenvalue weighted by atomic mass is 16.5. The van der Waals surface area contributed by atoms with Gasteiger partial charge in [-0.15, -0.1) is 5.10 Å². The van der Waals surface area contributed by atoms with Gasteiger partial charge in [-0.3, -0.25) is 4.90 Å². The van der Waals surface area contributed by atoms with Gasteiger partial charge < -0.3 is 9.84 Å².